The normalized spacial score (nSPS) is 13.5. The Morgan fingerprint density at radius 3 is 1.38 bits per heavy atom. The van der Waals surface area contributed by atoms with Gasteiger partial charge in [0, 0.05) is 18.6 Å². The highest BCUT2D eigenvalue weighted by molar-refractivity contribution is 5.90. The Kier molecular flexibility index (Phi) is 23.5. The minimum Gasteiger partial charge on any atom is -0.494 e. The first kappa shape index (κ1) is 51.3. The fraction of sp³-hybridized carbons (Fsp3) is 0.536. The number of benzene rings is 4. The van der Waals surface area contributed by atoms with Crippen molar-refractivity contribution in [3.8, 4) is 33.8 Å². The molecule has 9 nitrogen and oxygen atoms in total. The van der Waals surface area contributed by atoms with E-state index in [2.05, 4.69) is 26.0 Å². The van der Waals surface area contributed by atoms with E-state index < -0.39 is 6.10 Å². The van der Waals surface area contributed by atoms with Crippen LogP contribution < -0.4 is 9.47 Å². The first-order chi connectivity index (χ1) is 31.8. The third-order valence-corrected chi connectivity index (χ3v) is 11.8. The second kappa shape index (κ2) is 29.8. The first-order valence-electron chi connectivity index (χ1n) is 24.6. The number of ether oxygens (including phenoxy) is 7. The summed E-state index contributed by atoms with van der Waals surface area (Å²) in [4.78, 5) is 25.5. The number of rotatable bonds is 34. The van der Waals surface area contributed by atoms with Crippen molar-refractivity contribution in [3.63, 3.8) is 0 Å². The number of esters is 2. The molecule has 1 aliphatic heterocycles. The molecule has 0 aliphatic carbocycles. The Bertz CT molecular complexity index is 1890. The lowest BCUT2D eigenvalue weighted by Gasteiger charge is -2.37. The Labute approximate surface area is 389 Å². The van der Waals surface area contributed by atoms with Gasteiger partial charge in [-0.1, -0.05) is 127 Å². The fourth-order valence-corrected chi connectivity index (χ4v) is 7.65. The summed E-state index contributed by atoms with van der Waals surface area (Å²) in [6, 6.07) is 31.1. The number of hydrogen-bond acceptors (Lipinski definition) is 9. The molecule has 0 radical (unpaired) electrons. The van der Waals surface area contributed by atoms with E-state index in [0.717, 1.165) is 98.9 Å². The molecular weight excluding hydrogens is 817 g/mol. The SMILES string of the molecule is CCCCCCCCCCCCOc1ccc(-c2ccc(C(=O)OCCCCOCC(C)OC(=O)c3ccc(-c4ccc(OCCCCCCOCC5(C)COC5)cc4)cc3)cc2)cc1. The van der Waals surface area contributed by atoms with Crippen LogP contribution in [0.15, 0.2) is 97.1 Å². The number of unbranched alkanes of at least 4 members (excludes halogenated alkanes) is 13. The molecule has 0 aromatic heterocycles. The average molecular weight is 893 g/mol. The van der Waals surface area contributed by atoms with Crippen LogP contribution >= 0.6 is 0 Å². The van der Waals surface area contributed by atoms with Gasteiger partial charge in [-0.2, -0.15) is 0 Å². The quantitative estimate of drug-likeness (QED) is 0.0335. The summed E-state index contributed by atoms with van der Waals surface area (Å²) in [6.07, 6.45) is 18.4. The van der Waals surface area contributed by atoms with Gasteiger partial charge in [0.2, 0.25) is 0 Å². The Hall–Kier alpha value is -4.70. The molecule has 0 amide bonds. The van der Waals surface area contributed by atoms with Crippen LogP contribution in [0.2, 0.25) is 0 Å². The topological polar surface area (TPSA) is 98.8 Å². The van der Waals surface area contributed by atoms with Gasteiger partial charge in [0.1, 0.15) is 17.6 Å². The summed E-state index contributed by atoms with van der Waals surface area (Å²) in [7, 11) is 0. The van der Waals surface area contributed by atoms with Crippen molar-refractivity contribution in [2.24, 2.45) is 5.41 Å². The van der Waals surface area contributed by atoms with E-state index in [1.54, 1.807) is 24.3 Å². The maximum absolute atomic E-state index is 12.8. The van der Waals surface area contributed by atoms with E-state index in [1.165, 1.54) is 57.8 Å². The molecule has 1 fully saturated rings. The predicted octanol–water partition coefficient (Wildman–Crippen LogP) is 13.5. The molecule has 354 valence electrons. The lowest BCUT2D eigenvalue weighted by atomic mass is 9.90. The highest BCUT2D eigenvalue weighted by Crippen LogP contribution is 2.27. The van der Waals surface area contributed by atoms with Crippen molar-refractivity contribution in [2.75, 3.05) is 59.5 Å². The van der Waals surface area contributed by atoms with Crippen LogP contribution in [0.1, 0.15) is 144 Å². The Morgan fingerprint density at radius 2 is 0.908 bits per heavy atom. The lowest BCUT2D eigenvalue weighted by molar-refractivity contribution is -0.137. The van der Waals surface area contributed by atoms with E-state index >= 15 is 0 Å². The predicted molar refractivity (Wildman–Crippen MR) is 260 cm³/mol. The average Bonchev–Trinajstić information content (AvgIpc) is 3.32. The van der Waals surface area contributed by atoms with Gasteiger partial charge < -0.3 is 33.2 Å². The van der Waals surface area contributed by atoms with Crippen LogP contribution in [0.5, 0.6) is 11.5 Å². The van der Waals surface area contributed by atoms with E-state index in [0.29, 0.717) is 43.8 Å². The van der Waals surface area contributed by atoms with Gasteiger partial charge in [0.05, 0.1) is 57.4 Å². The van der Waals surface area contributed by atoms with Crippen LogP contribution in [-0.2, 0) is 23.7 Å². The largest absolute Gasteiger partial charge is 0.494 e. The summed E-state index contributed by atoms with van der Waals surface area (Å²) in [6.45, 7) is 12.0. The summed E-state index contributed by atoms with van der Waals surface area (Å²) in [5.74, 6) is 1.00. The summed E-state index contributed by atoms with van der Waals surface area (Å²) < 4.78 is 39.9. The molecule has 9 heteroatoms. The van der Waals surface area contributed by atoms with Crippen LogP contribution in [0.4, 0.5) is 0 Å². The number of carbonyl (C=O) groups excluding carboxylic acids is 2. The Balaban J connectivity index is 0.858. The molecule has 1 saturated heterocycles. The smallest absolute Gasteiger partial charge is 0.338 e. The minimum absolute atomic E-state index is 0.220. The fourth-order valence-electron chi connectivity index (χ4n) is 7.65. The molecule has 1 atom stereocenters. The molecule has 0 N–H and O–H groups in total. The van der Waals surface area contributed by atoms with Crippen LogP contribution in [0.3, 0.4) is 0 Å². The molecule has 0 bridgehead atoms. The lowest BCUT2D eigenvalue weighted by Crippen LogP contribution is -2.43. The number of hydrogen-bond donors (Lipinski definition) is 0. The van der Waals surface area contributed by atoms with Crippen molar-refractivity contribution in [1.82, 2.24) is 0 Å². The second-order valence-electron chi connectivity index (χ2n) is 18.0. The minimum atomic E-state index is -0.406. The maximum atomic E-state index is 12.8. The van der Waals surface area contributed by atoms with Crippen molar-refractivity contribution in [1.29, 1.82) is 0 Å². The van der Waals surface area contributed by atoms with Gasteiger partial charge in [0.15, 0.2) is 0 Å². The van der Waals surface area contributed by atoms with Crippen molar-refractivity contribution >= 4 is 11.9 Å². The molecule has 4 aromatic rings. The van der Waals surface area contributed by atoms with Gasteiger partial charge >= 0.3 is 11.9 Å². The highest BCUT2D eigenvalue weighted by atomic mass is 16.6. The molecule has 0 saturated carbocycles. The van der Waals surface area contributed by atoms with Gasteiger partial charge in [-0.05, 0) is 116 Å². The standard InChI is InChI=1S/C56H76O9/c1-4-5-6-7-8-9-10-11-12-16-38-62-52-32-28-48(29-33-52)46-20-24-50(25-21-46)54(57)64-40-19-18-36-59-41-45(2)65-55(58)51-26-22-47(23-27-51)49-30-34-53(35-31-49)63-39-17-14-13-15-37-60-42-56(3)43-61-44-56/h20-35,45H,4-19,36-44H2,1-3H3. The highest BCUT2D eigenvalue weighted by Gasteiger charge is 2.33. The first-order valence-corrected chi connectivity index (χ1v) is 24.6. The van der Waals surface area contributed by atoms with E-state index in [-0.39, 0.29) is 24.0 Å². The summed E-state index contributed by atoms with van der Waals surface area (Å²) in [5, 5.41) is 0. The van der Waals surface area contributed by atoms with Crippen LogP contribution in [0.25, 0.3) is 22.3 Å². The monoisotopic (exact) mass is 893 g/mol. The van der Waals surface area contributed by atoms with Crippen molar-refractivity contribution < 1.29 is 42.7 Å². The van der Waals surface area contributed by atoms with E-state index in [4.69, 9.17) is 33.2 Å². The van der Waals surface area contributed by atoms with Gasteiger partial charge in [0.25, 0.3) is 0 Å². The van der Waals surface area contributed by atoms with Crippen LogP contribution in [-0.4, -0.2) is 77.5 Å². The molecule has 65 heavy (non-hydrogen) atoms. The van der Waals surface area contributed by atoms with Crippen molar-refractivity contribution in [3.05, 3.63) is 108 Å². The molecular formula is C56H76O9. The molecule has 5 rings (SSSR count). The van der Waals surface area contributed by atoms with E-state index in [1.807, 2.05) is 67.6 Å². The summed E-state index contributed by atoms with van der Waals surface area (Å²) >= 11 is 0. The summed E-state index contributed by atoms with van der Waals surface area (Å²) in [5.41, 5.74) is 5.37. The third kappa shape index (κ3) is 19.7. The molecule has 4 aromatic carbocycles. The van der Waals surface area contributed by atoms with Crippen LogP contribution in [0, 0.1) is 5.41 Å². The third-order valence-electron chi connectivity index (χ3n) is 11.8. The zero-order chi connectivity index (χ0) is 45.8. The molecule has 1 heterocycles. The molecule has 1 unspecified atom stereocenters. The second-order valence-corrected chi connectivity index (χ2v) is 18.0. The zero-order valence-electron chi connectivity index (χ0n) is 39.7. The Morgan fingerprint density at radius 1 is 0.508 bits per heavy atom. The van der Waals surface area contributed by atoms with Gasteiger partial charge in [-0.25, -0.2) is 9.59 Å². The molecule has 0 spiro atoms. The van der Waals surface area contributed by atoms with E-state index in [9.17, 15) is 9.59 Å². The number of carbonyl (C=O) groups is 2. The van der Waals surface area contributed by atoms with Crippen molar-refractivity contribution in [2.45, 2.75) is 130 Å². The molecule has 1 aliphatic rings. The van der Waals surface area contributed by atoms with Gasteiger partial charge in [-0.15, -0.1) is 0 Å². The van der Waals surface area contributed by atoms with Gasteiger partial charge in [-0.3, -0.25) is 0 Å². The maximum Gasteiger partial charge on any atom is 0.338 e. The zero-order valence-corrected chi connectivity index (χ0v) is 39.7.